The van der Waals surface area contributed by atoms with Crippen LogP contribution in [-0.2, 0) is 9.53 Å². The van der Waals surface area contributed by atoms with E-state index in [2.05, 4.69) is 9.47 Å². The average molecular weight is 330 g/mol. The average Bonchev–Trinajstić information content (AvgIpc) is 2.36. The molecule has 0 aliphatic carbocycles. The van der Waals surface area contributed by atoms with Crippen molar-refractivity contribution in [3.8, 4) is 11.5 Å². The van der Waals surface area contributed by atoms with Crippen molar-refractivity contribution >= 4 is 18.4 Å². The molecule has 1 atom stereocenters. The van der Waals surface area contributed by atoms with Gasteiger partial charge < -0.3 is 19.9 Å². The summed E-state index contributed by atoms with van der Waals surface area (Å²) in [5.41, 5.74) is 6.16. The zero-order chi connectivity index (χ0) is 15.3. The summed E-state index contributed by atoms with van der Waals surface area (Å²) in [7, 11) is 2.49. The van der Waals surface area contributed by atoms with Crippen molar-refractivity contribution in [2.45, 2.75) is 18.8 Å². The maximum Gasteiger partial charge on any atom is 0.573 e. The van der Waals surface area contributed by atoms with E-state index in [0.29, 0.717) is 5.56 Å². The molecule has 0 saturated heterocycles. The molecule has 1 rings (SSSR count). The highest BCUT2D eigenvalue weighted by Crippen LogP contribution is 2.32. The van der Waals surface area contributed by atoms with Crippen LogP contribution in [0.25, 0.3) is 0 Å². The first-order valence-electron chi connectivity index (χ1n) is 5.53. The third-order valence-corrected chi connectivity index (χ3v) is 2.45. The maximum atomic E-state index is 12.1. The molecular formula is C12H15ClF3NO4. The van der Waals surface area contributed by atoms with Gasteiger partial charge in [-0.05, 0) is 6.07 Å². The molecule has 9 heteroatoms. The van der Waals surface area contributed by atoms with Gasteiger partial charge in [-0.1, -0.05) is 6.07 Å². The molecule has 0 aliphatic heterocycles. The largest absolute Gasteiger partial charge is 0.573 e. The first-order chi connectivity index (χ1) is 9.26. The van der Waals surface area contributed by atoms with E-state index in [-0.39, 0.29) is 24.6 Å². The Morgan fingerprint density at radius 3 is 2.43 bits per heavy atom. The van der Waals surface area contributed by atoms with Gasteiger partial charge in [0.1, 0.15) is 11.5 Å². The summed E-state index contributed by atoms with van der Waals surface area (Å²) in [5.74, 6) is -0.860. The molecule has 0 amide bonds. The van der Waals surface area contributed by atoms with Crippen molar-refractivity contribution in [2.75, 3.05) is 14.2 Å². The Kier molecular flexibility index (Phi) is 7.31. The van der Waals surface area contributed by atoms with Crippen molar-refractivity contribution < 1.29 is 32.2 Å². The topological polar surface area (TPSA) is 70.8 Å². The van der Waals surface area contributed by atoms with Crippen LogP contribution in [0.2, 0.25) is 0 Å². The number of carbonyl (C=O) groups is 1. The number of hydrogen-bond donors (Lipinski definition) is 1. The van der Waals surface area contributed by atoms with E-state index >= 15 is 0 Å². The number of alkyl halides is 3. The lowest BCUT2D eigenvalue weighted by Gasteiger charge is -2.16. The van der Waals surface area contributed by atoms with Gasteiger partial charge in [0.05, 0.1) is 20.6 Å². The van der Waals surface area contributed by atoms with Gasteiger partial charge in [0.15, 0.2) is 0 Å². The number of benzene rings is 1. The second-order valence-electron chi connectivity index (χ2n) is 3.84. The molecule has 2 N–H and O–H groups in total. The second-order valence-corrected chi connectivity index (χ2v) is 3.84. The summed E-state index contributed by atoms with van der Waals surface area (Å²) >= 11 is 0. The van der Waals surface area contributed by atoms with Gasteiger partial charge in [-0.25, -0.2) is 0 Å². The molecule has 21 heavy (non-hydrogen) atoms. The number of carbonyl (C=O) groups excluding carboxylic acids is 1. The predicted octanol–water partition coefficient (Wildman–Crippen LogP) is 2.58. The van der Waals surface area contributed by atoms with Crippen molar-refractivity contribution in [3.63, 3.8) is 0 Å². The molecule has 5 nitrogen and oxygen atoms in total. The van der Waals surface area contributed by atoms with E-state index in [9.17, 15) is 18.0 Å². The number of rotatable bonds is 5. The molecule has 1 aromatic carbocycles. The minimum Gasteiger partial charge on any atom is -0.496 e. The number of hydrogen-bond acceptors (Lipinski definition) is 5. The van der Waals surface area contributed by atoms with Crippen molar-refractivity contribution in [1.29, 1.82) is 0 Å². The zero-order valence-electron chi connectivity index (χ0n) is 11.3. The molecule has 0 bridgehead atoms. The number of methoxy groups -OCH3 is 2. The van der Waals surface area contributed by atoms with Crippen molar-refractivity contribution in [2.24, 2.45) is 5.73 Å². The molecule has 0 saturated carbocycles. The Balaban J connectivity index is 0.00000400. The van der Waals surface area contributed by atoms with Gasteiger partial charge in [-0.3, -0.25) is 4.79 Å². The fraction of sp³-hybridized carbons (Fsp3) is 0.417. The van der Waals surface area contributed by atoms with Crippen LogP contribution in [0.15, 0.2) is 18.2 Å². The van der Waals surface area contributed by atoms with E-state index < -0.39 is 24.1 Å². The summed E-state index contributed by atoms with van der Waals surface area (Å²) in [4.78, 5) is 11.1. The number of nitrogens with two attached hydrogens (primary N) is 1. The Labute approximate surface area is 125 Å². The van der Waals surface area contributed by atoms with Gasteiger partial charge in [-0.2, -0.15) is 0 Å². The summed E-state index contributed by atoms with van der Waals surface area (Å²) in [6.07, 6.45) is -4.91. The predicted molar refractivity (Wildman–Crippen MR) is 70.5 cm³/mol. The lowest BCUT2D eigenvalue weighted by Crippen LogP contribution is -2.19. The highest BCUT2D eigenvalue weighted by molar-refractivity contribution is 5.85. The maximum absolute atomic E-state index is 12.1. The molecule has 0 unspecified atom stereocenters. The van der Waals surface area contributed by atoms with Crippen LogP contribution in [0.1, 0.15) is 18.0 Å². The molecule has 0 aliphatic rings. The van der Waals surface area contributed by atoms with E-state index in [1.807, 2.05) is 0 Å². The highest BCUT2D eigenvalue weighted by atomic mass is 35.5. The lowest BCUT2D eigenvalue weighted by molar-refractivity contribution is -0.274. The molecule has 0 aromatic heterocycles. The van der Waals surface area contributed by atoms with E-state index in [1.54, 1.807) is 0 Å². The Morgan fingerprint density at radius 1 is 1.33 bits per heavy atom. The Hall–Kier alpha value is -1.67. The number of halogens is 4. The monoisotopic (exact) mass is 329 g/mol. The van der Waals surface area contributed by atoms with Gasteiger partial charge in [0, 0.05) is 17.7 Å². The molecule has 0 heterocycles. The normalized spacial score (nSPS) is 12.1. The first kappa shape index (κ1) is 19.3. The van der Waals surface area contributed by atoms with Gasteiger partial charge in [0.2, 0.25) is 0 Å². The molecular weight excluding hydrogens is 315 g/mol. The Morgan fingerprint density at radius 2 is 1.95 bits per heavy atom. The summed E-state index contributed by atoms with van der Waals surface area (Å²) in [6, 6.07) is 2.72. The molecule has 0 radical (unpaired) electrons. The molecule has 0 fully saturated rings. The zero-order valence-corrected chi connectivity index (χ0v) is 12.1. The lowest BCUT2D eigenvalue weighted by atomic mass is 10.0. The van der Waals surface area contributed by atoms with Gasteiger partial charge in [-0.15, -0.1) is 25.6 Å². The first-order valence-corrected chi connectivity index (χ1v) is 5.53. The second kappa shape index (κ2) is 7.94. The summed E-state index contributed by atoms with van der Waals surface area (Å²) in [6.45, 7) is 0. The van der Waals surface area contributed by atoms with Crippen molar-refractivity contribution in [1.82, 2.24) is 0 Å². The minimum absolute atomic E-state index is 0. The van der Waals surface area contributed by atoms with E-state index in [1.165, 1.54) is 20.3 Å². The van der Waals surface area contributed by atoms with Crippen LogP contribution < -0.4 is 15.2 Å². The van der Waals surface area contributed by atoms with Gasteiger partial charge in [0.25, 0.3) is 0 Å². The highest BCUT2D eigenvalue weighted by Gasteiger charge is 2.31. The van der Waals surface area contributed by atoms with Gasteiger partial charge >= 0.3 is 12.3 Å². The standard InChI is InChI=1S/C12H14F3NO4.ClH/c1-18-10-5-7(20-12(13,14)15)3-4-8(10)9(16)6-11(17)19-2;/h3-5,9H,6,16H2,1-2H3;1H/t9-;/m0./s1. The third kappa shape index (κ3) is 6.09. The molecule has 0 spiro atoms. The molecule has 120 valence electrons. The van der Waals surface area contributed by atoms with Crippen LogP contribution >= 0.6 is 12.4 Å². The summed E-state index contributed by atoms with van der Waals surface area (Å²) < 4.78 is 49.5. The Bertz CT molecular complexity index is 482. The number of ether oxygens (including phenoxy) is 3. The third-order valence-electron chi connectivity index (χ3n) is 2.45. The van der Waals surface area contributed by atoms with Crippen LogP contribution in [0, 0.1) is 0 Å². The minimum atomic E-state index is -4.79. The van der Waals surface area contributed by atoms with Crippen LogP contribution in [0.3, 0.4) is 0 Å². The SMILES string of the molecule is COC(=O)C[C@H](N)c1ccc(OC(F)(F)F)cc1OC.Cl. The smallest absolute Gasteiger partial charge is 0.496 e. The van der Waals surface area contributed by atoms with Crippen LogP contribution in [0.5, 0.6) is 11.5 Å². The van der Waals surface area contributed by atoms with Crippen LogP contribution in [-0.4, -0.2) is 26.6 Å². The fourth-order valence-corrected chi connectivity index (χ4v) is 1.57. The van der Waals surface area contributed by atoms with Crippen LogP contribution in [0.4, 0.5) is 13.2 Å². The molecule has 1 aromatic rings. The quantitative estimate of drug-likeness (QED) is 0.841. The van der Waals surface area contributed by atoms with E-state index in [4.69, 9.17) is 10.5 Å². The fourth-order valence-electron chi connectivity index (χ4n) is 1.57. The number of esters is 1. The van der Waals surface area contributed by atoms with E-state index in [0.717, 1.165) is 12.1 Å². The van der Waals surface area contributed by atoms with Crippen molar-refractivity contribution in [3.05, 3.63) is 23.8 Å². The summed E-state index contributed by atoms with van der Waals surface area (Å²) in [5, 5.41) is 0.